The van der Waals surface area contributed by atoms with Crippen molar-refractivity contribution in [2.75, 3.05) is 32.9 Å². The predicted molar refractivity (Wildman–Crippen MR) is 105 cm³/mol. The minimum Gasteiger partial charge on any atom is -0.448 e. The summed E-state index contributed by atoms with van der Waals surface area (Å²) < 4.78 is 11.6. The van der Waals surface area contributed by atoms with Crippen LogP contribution in [0.15, 0.2) is 48.5 Å². The van der Waals surface area contributed by atoms with Crippen molar-refractivity contribution >= 4 is 6.09 Å². The van der Waals surface area contributed by atoms with E-state index in [1.54, 1.807) is 4.90 Å². The molecule has 2 fully saturated rings. The van der Waals surface area contributed by atoms with E-state index in [1.165, 1.54) is 22.3 Å². The highest BCUT2D eigenvalue weighted by atomic mass is 16.6. The number of carbonyl (C=O) groups excluding carboxylic acids is 1. The first kappa shape index (κ1) is 17.7. The molecule has 5 rings (SSSR count). The molecular weight excluding hydrogens is 354 g/mol. The number of carbonyl (C=O) groups is 1. The van der Waals surface area contributed by atoms with Gasteiger partial charge in [-0.05, 0) is 35.1 Å². The molecule has 0 aromatic heterocycles. The molecule has 3 aliphatic rings. The summed E-state index contributed by atoms with van der Waals surface area (Å²) in [6.07, 6.45) is 1.41. The molecule has 5 heteroatoms. The van der Waals surface area contributed by atoms with Gasteiger partial charge in [-0.15, -0.1) is 0 Å². The number of aliphatic hydroxyl groups is 1. The van der Waals surface area contributed by atoms with E-state index >= 15 is 0 Å². The molecule has 2 aromatic carbocycles. The minimum atomic E-state index is -0.330. The molecule has 0 unspecified atom stereocenters. The number of nitrogens with zero attached hydrogens (tertiary/aromatic N) is 1. The van der Waals surface area contributed by atoms with Crippen molar-refractivity contribution in [2.24, 2.45) is 5.41 Å². The van der Waals surface area contributed by atoms with Crippen LogP contribution in [0.25, 0.3) is 11.1 Å². The average Bonchev–Trinajstić information content (AvgIpc) is 3.29. The highest BCUT2D eigenvalue weighted by molar-refractivity contribution is 5.79. The van der Waals surface area contributed by atoms with Gasteiger partial charge in [0.1, 0.15) is 6.61 Å². The van der Waals surface area contributed by atoms with Crippen molar-refractivity contribution in [1.29, 1.82) is 0 Å². The lowest BCUT2D eigenvalue weighted by Gasteiger charge is -2.36. The lowest BCUT2D eigenvalue weighted by Crippen LogP contribution is -2.43. The Labute approximate surface area is 164 Å². The third kappa shape index (κ3) is 2.73. The van der Waals surface area contributed by atoms with Crippen molar-refractivity contribution in [2.45, 2.75) is 24.9 Å². The standard InChI is InChI=1S/C23H25NO4/c25-15-23-10-5-11-27-21(23)12-24(14-23)22(26)28-13-20-18-8-3-1-6-16(18)17-7-2-4-9-19(17)20/h1-4,6-9,20-21,25H,5,10-15H2/t21-,23+/m1/s1. The highest BCUT2D eigenvalue weighted by Gasteiger charge is 2.50. The van der Waals surface area contributed by atoms with Crippen LogP contribution in [-0.2, 0) is 9.47 Å². The summed E-state index contributed by atoms with van der Waals surface area (Å²) in [6.45, 7) is 2.07. The zero-order valence-corrected chi connectivity index (χ0v) is 15.8. The van der Waals surface area contributed by atoms with E-state index in [-0.39, 0.29) is 30.1 Å². The molecule has 146 valence electrons. The van der Waals surface area contributed by atoms with Gasteiger partial charge < -0.3 is 19.5 Å². The molecule has 2 aliphatic heterocycles. The van der Waals surface area contributed by atoms with Gasteiger partial charge in [0, 0.05) is 24.5 Å². The summed E-state index contributed by atoms with van der Waals surface area (Å²) in [5, 5.41) is 9.91. The van der Waals surface area contributed by atoms with E-state index in [4.69, 9.17) is 9.47 Å². The number of aliphatic hydroxyl groups excluding tert-OH is 1. The molecular formula is C23H25NO4. The Kier molecular flexibility index (Phi) is 4.37. The Morgan fingerprint density at radius 2 is 1.82 bits per heavy atom. The first-order valence-corrected chi connectivity index (χ1v) is 10.0. The van der Waals surface area contributed by atoms with Crippen molar-refractivity contribution < 1.29 is 19.4 Å². The second kappa shape index (κ2) is 6.90. The van der Waals surface area contributed by atoms with Gasteiger partial charge in [-0.1, -0.05) is 48.5 Å². The fourth-order valence-corrected chi connectivity index (χ4v) is 5.11. The van der Waals surface area contributed by atoms with Crippen LogP contribution >= 0.6 is 0 Å². The smallest absolute Gasteiger partial charge is 0.409 e. The largest absolute Gasteiger partial charge is 0.448 e. The van der Waals surface area contributed by atoms with Gasteiger partial charge in [-0.2, -0.15) is 0 Å². The summed E-state index contributed by atoms with van der Waals surface area (Å²) in [6, 6.07) is 16.7. The van der Waals surface area contributed by atoms with E-state index in [1.807, 2.05) is 24.3 Å². The van der Waals surface area contributed by atoms with Gasteiger partial charge in [-0.3, -0.25) is 0 Å². The van der Waals surface area contributed by atoms with Crippen LogP contribution in [0.4, 0.5) is 4.79 Å². The van der Waals surface area contributed by atoms with Crippen molar-refractivity contribution in [3.8, 4) is 11.1 Å². The van der Waals surface area contributed by atoms with Gasteiger partial charge in [0.05, 0.1) is 19.3 Å². The number of fused-ring (bicyclic) bond motifs is 4. The normalized spacial score (nSPS) is 25.9. The Hall–Kier alpha value is -2.37. The summed E-state index contributed by atoms with van der Waals surface area (Å²) in [5.41, 5.74) is 4.53. The predicted octanol–water partition coefficient (Wildman–Crippen LogP) is 3.41. The quantitative estimate of drug-likeness (QED) is 0.888. The van der Waals surface area contributed by atoms with Crippen molar-refractivity contribution in [3.05, 3.63) is 59.7 Å². The van der Waals surface area contributed by atoms with Gasteiger partial charge >= 0.3 is 6.09 Å². The second-order valence-electron chi connectivity index (χ2n) is 8.17. The molecule has 0 radical (unpaired) electrons. The Morgan fingerprint density at radius 1 is 1.14 bits per heavy atom. The van der Waals surface area contributed by atoms with Crippen molar-refractivity contribution in [1.82, 2.24) is 4.90 Å². The summed E-state index contributed by atoms with van der Waals surface area (Å²) in [5.74, 6) is 0.0595. The molecule has 2 atom stereocenters. The number of rotatable bonds is 3. The van der Waals surface area contributed by atoms with Gasteiger partial charge in [-0.25, -0.2) is 4.79 Å². The van der Waals surface area contributed by atoms with Gasteiger partial charge in [0.25, 0.3) is 0 Å². The van der Waals surface area contributed by atoms with Crippen LogP contribution in [0.2, 0.25) is 0 Å². The van der Waals surface area contributed by atoms with E-state index in [2.05, 4.69) is 24.3 Å². The van der Waals surface area contributed by atoms with Crippen molar-refractivity contribution in [3.63, 3.8) is 0 Å². The van der Waals surface area contributed by atoms with E-state index < -0.39 is 0 Å². The molecule has 5 nitrogen and oxygen atoms in total. The summed E-state index contributed by atoms with van der Waals surface area (Å²) in [4.78, 5) is 14.5. The third-order valence-electron chi connectivity index (χ3n) is 6.62. The van der Waals surface area contributed by atoms with E-state index in [0.29, 0.717) is 26.3 Å². The maximum atomic E-state index is 12.8. The average molecular weight is 379 g/mol. The molecule has 2 saturated heterocycles. The lowest BCUT2D eigenvalue weighted by molar-refractivity contribution is -0.0755. The highest BCUT2D eigenvalue weighted by Crippen LogP contribution is 2.45. The first-order valence-electron chi connectivity index (χ1n) is 10.0. The fourth-order valence-electron chi connectivity index (χ4n) is 5.11. The van der Waals surface area contributed by atoms with E-state index in [0.717, 1.165) is 12.8 Å². The summed E-state index contributed by atoms with van der Waals surface area (Å²) >= 11 is 0. The number of benzene rings is 2. The van der Waals surface area contributed by atoms with Crippen LogP contribution < -0.4 is 0 Å². The summed E-state index contributed by atoms with van der Waals surface area (Å²) in [7, 11) is 0. The second-order valence-corrected chi connectivity index (χ2v) is 8.17. The number of hydrogen-bond acceptors (Lipinski definition) is 4. The lowest BCUT2D eigenvalue weighted by atomic mass is 9.79. The Balaban J connectivity index is 1.31. The molecule has 2 heterocycles. The Bertz CT molecular complexity index is 852. The zero-order chi connectivity index (χ0) is 19.1. The number of ether oxygens (including phenoxy) is 2. The maximum absolute atomic E-state index is 12.8. The first-order chi connectivity index (χ1) is 13.7. The Morgan fingerprint density at radius 3 is 2.46 bits per heavy atom. The SMILES string of the molecule is O=C(OCC1c2ccccc2-c2ccccc21)N1C[C@H]2OCCC[C@@]2(CO)C1. The van der Waals surface area contributed by atoms with Crippen LogP contribution in [0.1, 0.15) is 29.9 Å². The molecule has 1 aliphatic carbocycles. The van der Waals surface area contributed by atoms with Crippen LogP contribution in [0, 0.1) is 5.41 Å². The zero-order valence-electron chi connectivity index (χ0n) is 15.8. The molecule has 0 bridgehead atoms. The van der Waals surface area contributed by atoms with Crippen LogP contribution in [0.3, 0.4) is 0 Å². The van der Waals surface area contributed by atoms with Gasteiger partial charge in [0.15, 0.2) is 0 Å². The van der Waals surface area contributed by atoms with Crippen LogP contribution in [0.5, 0.6) is 0 Å². The molecule has 28 heavy (non-hydrogen) atoms. The van der Waals surface area contributed by atoms with E-state index in [9.17, 15) is 9.90 Å². The minimum absolute atomic E-state index is 0.0465. The monoisotopic (exact) mass is 379 g/mol. The fraction of sp³-hybridized carbons (Fsp3) is 0.435. The third-order valence-corrected chi connectivity index (χ3v) is 6.62. The molecule has 0 saturated carbocycles. The molecule has 1 N–H and O–H groups in total. The number of likely N-dealkylation sites (tertiary alicyclic amines) is 1. The number of hydrogen-bond donors (Lipinski definition) is 1. The topological polar surface area (TPSA) is 59.0 Å². The molecule has 0 spiro atoms. The maximum Gasteiger partial charge on any atom is 0.409 e. The van der Waals surface area contributed by atoms with Crippen LogP contribution in [-0.4, -0.2) is 55.1 Å². The van der Waals surface area contributed by atoms with Gasteiger partial charge in [0.2, 0.25) is 0 Å². The molecule has 1 amide bonds. The molecule has 2 aromatic rings. The number of amides is 1.